The molecule has 1 atom stereocenters. The monoisotopic (exact) mass is 197 g/mol. The Morgan fingerprint density at radius 2 is 2.29 bits per heavy atom. The first-order valence-corrected chi connectivity index (χ1v) is 4.51. The molecular formula is C10H15NO3. The van der Waals surface area contributed by atoms with Crippen LogP contribution in [-0.2, 0) is 4.79 Å². The van der Waals surface area contributed by atoms with Crippen molar-refractivity contribution in [3.05, 3.63) is 17.9 Å². The number of aliphatic carboxylic acids is 1. The molecule has 78 valence electrons. The highest BCUT2D eigenvalue weighted by Gasteiger charge is 2.15. The van der Waals surface area contributed by atoms with Crippen LogP contribution in [0.1, 0.15) is 19.1 Å². The van der Waals surface area contributed by atoms with Crippen LogP contribution >= 0.6 is 0 Å². The number of nitrogens with zero attached hydrogens (tertiary/aromatic N) is 1. The van der Waals surface area contributed by atoms with Gasteiger partial charge in [0.05, 0.1) is 6.42 Å². The van der Waals surface area contributed by atoms with Gasteiger partial charge in [-0.3, -0.25) is 4.79 Å². The summed E-state index contributed by atoms with van der Waals surface area (Å²) in [6.07, 6.45) is 0.107. The molecule has 14 heavy (non-hydrogen) atoms. The van der Waals surface area contributed by atoms with Crippen LogP contribution < -0.4 is 4.90 Å². The number of aryl methyl sites for hydroxylation is 1. The van der Waals surface area contributed by atoms with Gasteiger partial charge in [0.25, 0.3) is 0 Å². The second-order valence-corrected chi connectivity index (χ2v) is 3.44. The lowest BCUT2D eigenvalue weighted by Crippen LogP contribution is -2.30. The Balaban J connectivity index is 2.65. The zero-order chi connectivity index (χ0) is 10.7. The van der Waals surface area contributed by atoms with E-state index in [9.17, 15) is 4.79 Å². The molecule has 0 aromatic carbocycles. The van der Waals surface area contributed by atoms with Crippen LogP contribution in [0.4, 0.5) is 5.88 Å². The average Bonchev–Trinajstić information content (AvgIpc) is 2.49. The Kier molecular flexibility index (Phi) is 3.17. The molecule has 0 bridgehead atoms. The maximum absolute atomic E-state index is 10.5. The Morgan fingerprint density at radius 1 is 1.64 bits per heavy atom. The van der Waals surface area contributed by atoms with E-state index in [1.165, 1.54) is 0 Å². The van der Waals surface area contributed by atoms with E-state index < -0.39 is 5.97 Å². The SMILES string of the molecule is Cc1ccc(N(C)C(C)CC(=O)O)o1. The maximum Gasteiger partial charge on any atom is 0.305 e. The van der Waals surface area contributed by atoms with Crippen molar-refractivity contribution in [2.75, 3.05) is 11.9 Å². The number of carboxylic acids is 1. The van der Waals surface area contributed by atoms with Crippen molar-refractivity contribution in [2.45, 2.75) is 26.3 Å². The van der Waals surface area contributed by atoms with Crippen molar-refractivity contribution in [1.29, 1.82) is 0 Å². The van der Waals surface area contributed by atoms with E-state index in [4.69, 9.17) is 9.52 Å². The number of carboxylic acid groups (broad SMARTS) is 1. The van der Waals surface area contributed by atoms with E-state index >= 15 is 0 Å². The number of hydrogen-bond acceptors (Lipinski definition) is 3. The summed E-state index contributed by atoms with van der Waals surface area (Å²) in [4.78, 5) is 12.3. The highest BCUT2D eigenvalue weighted by molar-refractivity contribution is 5.68. The van der Waals surface area contributed by atoms with Crippen LogP contribution in [0.2, 0.25) is 0 Å². The van der Waals surface area contributed by atoms with Gasteiger partial charge in [-0.05, 0) is 19.9 Å². The summed E-state index contributed by atoms with van der Waals surface area (Å²) >= 11 is 0. The minimum atomic E-state index is -0.798. The van der Waals surface area contributed by atoms with Gasteiger partial charge in [-0.15, -0.1) is 0 Å². The highest BCUT2D eigenvalue weighted by atomic mass is 16.4. The summed E-state index contributed by atoms with van der Waals surface area (Å²) in [5.41, 5.74) is 0. The number of furan rings is 1. The number of anilines is 1. The summed E-state index contributed by atoms with van der Waals surface area (Å²) in [6.45, 7) is 3.71. The second-order valence-electron chi connectivity index (χ2n) is 3.44. The van der Waals surface area contributed by atoms with Crippen molar-refractivity contribution in [3.8, 4) is 0 Å². The summed E-state index contributed by atoms with van der Waals surface area (Å²) in [6, 6.07) is 3.63. The molecule has 4 nitrogen and oxygen atoms in total. The molecule has 0 spiro atoms. The zero-order valence-corrected chi connectivity index (χ0v) is 8.65. The zero-order valence-electron chi connectivity index (χ0n) is 8.65. The molecule has 0 amide bonds. The van der Waals surface area contributed by atoms with Gasteiger partial charge in [-0.25, -0.2) is 0 Å². The van der Waals surface area contributed by atoms with Gasteiger partial charge < -0.3 is 14.4 Å². The topological polar surface area (TPSA) is 53.7 Å². The minimum Gasteiger partial charge on any atom is -0.481 e. The predicted octanol–water partition coefficient (Wildman–Crippen LogP) is 1.89. The average molecular weight is 197 g/mol. The molecule has 0 radical (unpaired) electrons. The minimum absolute atomic E-state index is 0.0713. The summed E-state index contributed by atoms with van der Waals surface area (Å²) in [5, 5.41) is 8.63. The molecule has 1 aromatic heterocycles. The Labute approximate surface area is 83.1 Å². The van der Waals surface area contributed by atoms with Gasteiger partial charge in [0.2, 0.25) is 0 Å². The van der Waals surface area contributed by atoms with Crippen molar-refractivity contribution in [1.82, 2.24) is 0 Å². The van der Waals surface area contributed by atoms with E-state index in [0.29, 0.717) is 5.88 Å². The van der Waals surface area contributed by atoms with Gasteiger partial charge >= 0.3 is 5.97 Å². The van der Waals surface area contributed by atoms with E-state index in [0.717, 1.165) is 5.76 Å². The van der Waals surface area contributed by atoms with E-state index in [2.05, 4.69) is 0 Å². The third-order valence-electron chi connectivity index (χ3n) is 2.20. The maximum atomic E-state index is 10.5. The van der Waals surface area contributed by atoms with Crippen molar-refractivity contribution in [3.63, 3.8) is 0 Å². The fraction of sp³-hybridized carbons (Fsp3) is 0.500. The molecule has 1 unspecified atom stereocenters. The van der Waals surface area contributed by atoms with E-state index in [-0.39, 0.29) is 12.5 Å². The van der Waals surface area contributed by atoms with Crippen LogP contribution in [-0.4, -0.2) is 24.2 Å². The molecule has 0 aliphatic rings. The van der Waals surface area contributed by atoms with Crippen LogP contribution in [0.5, 0.6) is 0 Å². The normalized spacial score (nSPS) is 12.5. The highest BCUT2D eigenvalue weighted by Crippen LogP contribution is 2.19. The quantitative estimate of drug-likeness (QED) is 0.800. The fourth-order valence-electron chi connectivity index (χ4n) is 1.22. The molecule has 0 aliphatic carbocycles. The van der Waals surface area contributed by atoms with Crippen molar-refractivity contribution < 1.29 is 14.3 Å². The molecular weight excluding hydrogens is 182 g/mol. The van der Waals surface area contributed by atoms with Crippen molar-refractivity contribution >= 4 is 11.9 Å². The van der Waals surface area contributed by atoms with Gasteiger partial charge in [-0.2, -0.15) is 0 Å². The second kappa shape index (κ2) is 4.17. The van der Waals surface area contributed by atoms with Gasteiger partial charge in [-0.1, -0.05) is 0 Å². The molecule has 1 heterocycles. The lowest BCUT2D eigenvalue weighted by atomic mass is 10.2. The van der Waals surface area contributed by atoms with Crippen LogP contribution in [0.15, 0.2) is 16.5 Å². The summed E-state index contributed by atoms with van der Waals surface area (Å²) < 4.78 is 5.38. The van der Waals surface area contributed by atoms with E-state index in [1.54, 1.807) is 0 Å². The smallest absolute Gasteiger partial charge is 0.305 e. The van der Waals surface area contributed by atoms with E-state index in [1.807, 2.05) is 37.9 Å². The van der Waals surface area contributed by atoms with Gasteiger partial charge in [0, 0.05) is 19.2 Å². The predicted molar refractivity (Wildman–Crippen MR) is 53.6 cm³/mol. The Hall–Kier alpha value is -1.45. The number of rotatable bonds is 4. The molecule has 0 fully saturated rings. The van der Waals surface area contributed by atoms with Crippen LogP contribution in [0.25, 0.3) is 0 Å². The first-order chi connectivity index (χ1) is 6.50. The summed E-state index contributed by atoms with van der Waals surface area (Å²) in [5.74, 6) is 0.734. The molecule has 1 rings (SSSR count). The standard InChI is InChI=1S/C10H15NO3/c1-7(6-10(12)13)11(3)9-5-4-8(2)14-9/h4-5,7H,6H2,1-3H3,(H,12,13). The lowest BCUT2D eigenvalue weighted by molar-refractivity contribution is -0.137. The van der Waals surface area contributed by atoms with Crippen LogP contribution in [0, 0.1) is 6.92 Å². The lowest BCUT2D eigenvalue weighted by Gasteiger charge is -2.22. The Bertz CT molecular complexity index is 319. The number of hydrogen-bond donors (Lipinski definition) is 1. The molecule has 4 heteroatoms. The molecule has 0 aliphatic heterocycles. The molecule has 0 saturated carbocycles. The fourth-order valence-corrected chi connectivity index (χ4v) is 1.22. The first kappa shape index (κ1) is 10.6. The number of carbonyl (C=O) groups is 1. The van der Waals surface area contributed by atoms with Gasteiger partial charge in [0.1, 0.15) is 5.76 Å². The molecule has 0 saturated heterocycles. The third-order valence-corrected chi connectivity index (χ3v) is 2.20. The Morgan fingerprint density at radius 3 is 2.71 bits per heavy atom. The van der Waals surface area contributed by atoms with Crippen molar-refractivity contribution in [2.24, 2.45) is 0 Å². The molecule has 1 N–H and O–H groups in total. The van der Waals surface area contributed by atoms with Gasteiger partial charge in [0.15, 0.2) is 5.88 Å². The largest absolute Gasteiger partial charge is 0.481 e. The summed E-state index contributed by atoms with van der Waals surface area (Å²) in [7, 11) is 1.83. The van der Waals surface area contributed by atoms with Crippen LogP contribution in [0.3, 0.4) is 0 Å². The molecule has 1 aromatic rings. The third kappa shape index (κ3) is 2.52. The first-order valence-electron chi connectivity index (χ1n) is 4.51.